The molecule has 5 nitrogen and oxygen atoms in total. The zero-order chi connectivity index (χ0) is 7.84. The molecule has 1 N–H and O–H groups in total. The lowest BCUT2D eigenvalue weighted by atomic mass is 10.1. The van der Waals surface area contributed by atoms with Crippen LogP contribution in [0.25, 0.3) is 0 Å². The highest BCUT2D eigenvalue weighted by Crippen LogP contribution is 2.24. The predicted molar refractivity (Wildman–Crippen MR) is 35.0 cm³/mol. The molecular weight excluding hydrogens is 146 g/mol. The average Bonchev–Trinajstić information content (AvgIpc) is 2.41. The van der Waals surface area contributed by atoms with E-state index in [2.05, 4.69) is 10.2 Å². The molecule has 11 heavy (non-hydrogen) atoms. The summed E-state index contributed by atoms with van der Waals surface area (Å²) in [5.74, 6) is -0.674. The maximum Gasteiger partial charge on any atom is 0.314 e. The van der Waals surface area contributed by atoms with Gasteiger partial charge in [-0.3, -0.25) is 4.79 Å². The van der Waals surface area contributed by atoms with Crippen LogP contribution in [0, 0.1) is 0 Å². The summed E-state index contributed by atoms with van der Waals surface area (Å²) < 4.78 is 1.78. The summed E-state index contributed by atoms with van der Waals surface area (Å²) in [6, 6.07) is 0. The highest BCUT2D eigenvalue weighted by atomic mass is 16.4. The first-order valence-corrected chi connectivity index (χ1v) is 3.39. The molecule has 2 heterocycles. The lowest BCUT2D eigenvalue weighted by Gasteiger charge is -1.97. The number of carboxylic acids is 1. The maximum absolute atomic E-state index is 10.6. The average molecular weight is 153 g/mol. The zero-order valence-electron chi connectivity index (χ0n) is 5.77. The van der Waals surface area contributed by atoms with E-state index in [1.54, 1.807) is 10.9 Å². The summed E-state index contributed by atoms with van der Waals surface area (Å²) in [7, 11) is 0. The lowest BCUT2D eigenvalue weighted by Crippen LogP contribution is -2.09. The highest BCUT2D eigenvalue weighted by Gasteiger charge is 2.30. The molecule has 0 bridgehead atoms. The number of aryl methyl sites for hydroxylation is 1. The van der Waals surface area contributed by atoms with E-state index in [1.807, 2.05) is 0 Å². The largest absolute Gasteiger partial charge is 0.481 e. The topological polar surface area (TPSA) is 68.0 Å². The minimum Gasteiger partial charge on any atom is -0.481 e. The van der Waals surface area contributed by atoms with Gasteiger partial charge in [0.2, 0.25) is 0 Å². The van der Waals surface area contributed by atoms with Gasteiger partial charge in [0.05, 0.1) is 0 Å². The zero-order valence-corrected chi connectivity index (χ0v) is 5.77. The summed E-state index contributed by atoms with van der Waals surface area (Å²) in [6.45, 7) is 0.722. The number of nitrogens with zero attached hydrogens (tertiary/aromatic N) is 3. The molecule has 0 spiro atoms. The number of hydrogen-bond donors (Lipinski definition) is 1. The molecule has 5 heteroatoms. The Kier molecular flexibility index (Phi) is 1.18. The third kappa shape index (κ3) is 0.806. The molecule has 0 fully saturated rings. The van der Waals surface area contributed by atoms with Gasteiger partial charge in [-0.1, -0.05) is 0 Å². The fourth-order valence-corrected chi connectivity index (χ4v) is 1.34. The number of rotatable bonds is 1. The van der Waals surface area contributed by atoms with Gasteiger partial charge in [-0.05, 0) is 6.42 Å². The number of carboxylic acid groups (broad SMARTS) is 1. The van der Waals surface area contributed by atoms with Crippen LogP contribution in [0.5, 0.6) is 0 Å². The standard InChI is InChI=1S/C6H7N3O2/c10-6(11)4-1-2-9-3-7-8-5(4)9/h3-4H,1-2H2,(H,10,11)/t4-/m0/s1. The second-order valence-electron chi connectivity index (χ2n) is 2.56. The van der Waals surface area contributed by atoms with Crippen LogP contribution in [0.1, 0.15) is 18.2 Å². The van der Waals surface area contributed by atoms with Crippen LogP contribution >= 0.6 is 0 Å². The van der Waals surface area contributed by atoms with Crippen LogP contribution in [-0.2, 0) is 11.3 Å². The van der Waals surface area contributed by atoms with Crippen molar-refractivity contribution in [2.45, 2.75) is 18.9 Å². The van der Waals surface area contributed by atoms with E-state index in [-0.39, 0.29) is 0 Å². The van der Waals surface area contributed by atoms with E-state index in [0.29, 0.717) is 12.2 Å². The Balaban J connectivity index is 2.38. The summed E-state index contributed by atoms with van der Waals surface area (Å²) in [5.41, 5.74) is 0. The molecule has 0 saturated heterocycles. The van der Waals surface area contributed by atoms with E-state index in [9.17, 15) is 4.79 Å². The van der Waals surface area contributed by atoms with Gasteiger partial charge in [-0.15, -0.1) is 10.2 Å². The summed E-state index contributed by atoms with van der Waals surface area (Å²) >= 11 is 0. The minimum atomic E-state index is -0.809. The molecule has 1 aromatic rings. The molecule has 0 radical (unpaired) electrons. The first kappa shape index (κ1) is 6.33. The maximum atomic E-state index is 10.6. The van der Waals surface area contributed by atoms with Gasteiger partial charge in [0.25, 0.3) is 0 Å². The normalized spacial score (nSPS) is 21.6. The Hall–Kier alpha value is -1.39. The highest BCUT2D eigenvalue weighted by molar-refractivity contribution is 5.75. The second-order valence-corrected chi connectivity index (χ2v) is 2.56. The Bertz CT molecular complexity index is 294. The minimum absolute atomic E-state index is 0.447. The molecule has 0 aliphatic carbocycles. The monoisotopic (exact) mass is 153 g/mol. The molecule has 0 unspecified atom stereocenters. The van der Waals surface area contributed by atoms with Crippen molar-refractivity contribution < 1.29 is 9.90 Å². The molecule has 2 rings (SSSR count). The van der Waals surface area contributed by atoms with Crippen molar-refractivity contribution >= 4 is 5.97 Å². The van der Waals surface area contributed by atoms with Crippen molar-refractivity contribution in [2.24, 2.45) is 0 Å². The lowest BCUT2D eigenvalue weighted by molar-refractivity contribution is -0.138. The quantitative estimate of drug-likeness (QED) is 0.609. The Morgan fingerprint density at radius 2 is 2.64 bits per heavy atom. The molecule has 0 aromatic carbocycles. The van der Waals surface area contributed by atoms with Gasteiger partial charge in [-0.2, -0.15) is 0 Å². The van der Waals surface area contributed by atoms with Gasteiger partial charge in [0.15, 0.2) is 0 Å². The van der Waals surface area contributed by atoms with Crippen molar-refractivity contribution in [3.05, 3.63) is 12.2 Å². The van der Waals surface area contributed by atoms with E-state index in [4.69, 9.17) is 5.11 Å². The van der Waals surface area contributed by atoms with Crippen LogP contribution in [0.2, 0.25) is 0 Å². The van der Waals surface area contributed by atoms with Gasteiger partial charge in [0.1, 0.15) is 18.1 Å². The summed E-state index contributed by atoms with van der Waals surface area (Å²) in [5, 5.41) is 16.1. The molecular formula is C6H7N3O2. The molecule has 0 saturated carbocycles. The third-order valence-corrected chi connectivity index (χ3v) is 1.91. The first-order chi connectivity index (χ1) is 5.29. The number of hydrogen-bond acceptors (Lipinski definition) is 3. The number of fused-ring (bicyclic) bond motifs is 1. The third-order valence-electron chi connectivity index (χ3n) is 1.91. The fourth-order valence-electron chi connectivity index (χ4n) is 1.34. The van der Waals surface area contributed by atoms with Gasteiger partial charge in [-0.25, -0.2) is 0 Å². The van der Waals surface area contributed by atoms with Gasteiger partial charge < -0.3 is 9.67 Å². The van der Waals surface area contributed by atoms with Crippen molar-refractivity contribution in [1.82, 2.24) is 14.8 Å². The predicted octanol–water partition coefficient (Wildman–Crippen LogP) is -0.150. The van der Waals surface area contributed by atoms with Crippen molar-refractivity contribution in [2.75, 3.05) is 0 Å². The Morgan fingerprint density at radius 1 is 1.82 bits per heavy atom. The smallest absolute Gasteiger partial charge is 0.314 e. The molecule has 1 aliphatic heterocycles. The molecule has 58 valence electrons. The molecule has 0 amide bonds. The van der Waals surface area contributed by atoms with Crippen LogP contribution in [0.15, 0.2) is 6.33 Å². The van der Waals surface area contributed by atoms with Crippen molar-refractivity contribution in [3.8, 4) is 0 Å². The van der Waals surface area contributed by atoms with Gasteiger partial charge >= 0.3 is 5.97 Å². The number of aliphatic carboxylic acids is 1. The van der Waals surface area contributed by atoms with Crippen LogP contribution < -0.4 is 0 Å². The number of aromatic nitrogens is 3. The molecule has 1 aromatic heterocycles. The van der Waals surface area contributed by atoms with Crippen LogP contribution in [-0.4, -0.2) is 25.8 Å². The number of carbonyl (C=O) groups is 1. The van der Waals surface area contributed by atoms with Crippen LogP contribution in [0.4, 0.5) is 0 Å². The van der Waals surface area contributed by atoms with E-state index < -0.39 is 11.9 Å². The van der Waals surface area contributed by atoms with Crippen LogP contribution in [0.3, 0.4) is 0 Å². The van der Waals surface area contributed by atoms with E-state index in [1.165, 1.54) is 0 Å². The SMILES string of the molecule is O=C(O)[C@H]1CCn2cnnc21. The van der Waals surface area contributed by atoms with Gasteiger partial charge in [0, 0.05) is 6.54 Å². The summed E-state index contributed by atoms with van der Waals surface area (Å²) in [4.78, 5) is 10.6. The fraction of sp³-hybridized carbons (Fsp3) is 0.500. The Morgan fingerprint density at radius 3 is 3.36 bits per heavy atom. The van der Waals surface area contributed by atoms with E-state index in [0.717, 1.165) is 6.54 Å². The van der Waals surface area contributed by atoms with E-state index >= 15 is 0 Å². The van der Waals surface area contributed by atoms with Crippen molar-refractivity contribution in [3.63, 3.8) is 0 Å². The Labute approximate surface area is 62.7 Å². The molecule has 1 atom stereocenters. The second kappa shape index (κ2) is 2.05. The summed E-state index contributed by atoms with van der Waals surface area (Å²) in [6.07, 6.45) is 2.21. The molecule has 1 aliphatic rings. The first-order valence-electron chi connectivity index (χ1n) is 3.39. The van der Waals surface area contributed by atoms with Crippen molar-refractivity contribution in [1.29, 1.82) is 0 Å².